The summed E-state index contributed by atoms with van der Waals surface area (Å²) in [4.78, 5) is 11.0. The van der Waals surface area contributed by atoms with E-state index in [1.807, 2.05) is 12.1 Å². The van der Waals surface area contributed by atoms with Gasteiger partial charge in [-0.2, -0.15) is 0 Å². The van der Waals surface area contributed by atoms with Crippen molar-refractivity contribution >= 4 is 28.9 Å². The Morgan fingerprint density at radius 1 is 1.53 bits per heavy atom. The Hall–Kier alpha value is -1.42. The number of carbonyl (C=O) groups excluding carboxylic acids is 1. The molecule has 1 aromatic rings. The van der Waals surface area contributed by atoms with Crippen LogP contribution in [0.1, 0.15) is 6.42 Å². The van der Waals surface area contributed by atoms with E-state index >= 15 is 0 Å². The average molecular weight is 226 g/mol. The Morgan fingerprint density at radius 2 is 2.33 bits per heavy atom. The van der Waals surface area contributed by atoms with Gasteiger partial charge in [-0.25, -0.2) is 0 Å². The van der Waals surface area contributed by atoms with Gasteiger partial charge in [-0.15, -0.1) is 0 Å². The first kappa shape index (κ1) is 10.1. The number of halogens is 1. The molecule has 5 heteroatoms. The molecule has 1 saturated heterocycles. The molecule has 1 heterocycles. The topological polar surface area (TPSA) is 67.2 Å². The minimum atomic E-state index is 0.0631. The van der Waals surface area contributed by atoms with Gasteiger partial charge in [-0.3, -0.25) is 4.79 Å². The number of benzene rings is 1. The van der Waals surface area contributed by atoms with Crippen molar-refractivity contribution in [3.05, 3.63) is 23.2 Å². The maximum Gasteiger partial charge on any atom is 0.222 e. The fourth-order valence-corrected chi connectivity index (χ4v) is 1.76. The van der Waals surface area contributed by atoms with Crippen molar-refractivity contribution in [1.82, 2.24) is 5.32 Å². The maximum absolute atomic E-state index is 11.0. The fourth-order valence-electron chi connectivity index (χ4n) is 1.59. The van der Waals surface area contributed by atoms with Gasteiger partial charge in [0.15, 0.2) is 0 Å². The zero-order chi connectivity index (χ0) is 10.8. The van der Waals surface area contributed by atoms with E-state index in [9.17, 15) is 4.79 Å². The predicted octanol–water partition coefficient (Wildman–Crippen LogP) is 1.22. The number of nitrogen functional groups attached to an aromatic ring is 1. The normalized spacial score (nSPS) is 20.1. The third kappa shape index (κ3) is 2.15. The van der Waals surface area contributed by atoms with E-state index in [0.29, 0.717) is 23.7 Å². The van der Waals surface area contributed by atoms with Gasteiger partial charge in [0.25, 0.3) is 0 Å². The van der Waals surface area contributed by atoms with Gasteiger partial charge in [0.2, 0.25) is 5.91 Å². The van der Waals surface area contributed by atoms with Crippen LogP contribution in [0.15, 0.2) is 18.2 Å². The van der Waals surface area contributed by atoms with Crippen molar-refractivity contribution in [3.8, 4) is 0 Å². The summed E-state index contributed by atoms with van der Waals surface area (Å²) in [6.07, 6.45) is 0.478. The molecule has 1 amide bonds. The summed E-state index contributed by atoms with van der Waals surface area (Å²) in [6.45, 7) is 0.630. The van der Waals surface area contributed by atoms with Gasteiger partial charge >= 0.3 is 0 Å². The van der Waals surface area contributed by atoms with Crippen molar-refractivity contribution in [3.63, 3.8) is 0 Å². The first-order chi connectivity index (χ1) is 7.16. The summed E-state index contributed by atoms with van der Waals surface area (Å²) in [5.41, 5.74) is 7.10. The highest BCUT2D eigenvalue weighted by atomic mass is 35.5. The van der Waals surface area contributed by atoms with Crippen molar-refractivity contribution < 1.29 is 4.79 Å². The molecule has 1 aliphatic heterocycles. The SMILES string of the molecule is Nc1c(Cl)cccc1NC1CNC(=O)C1. The van der Waals surface area contributed by atoms with Crippen LogP contribution in [0.5, 0.6) is 0 Å². The van der Waals surface area contributed by atoms with Crippen LogP contribution in [-0.4, -0.2) is 18.5 Å². The third-order valence-corrected chi connectivity index (χ3v) is 2.72. The van der Waals surface area contributed by atoms with Crippen LogP contribution in [0.4, 0.5) is 11.4 Å². The molecule has 1 aromatic carbocycles. The Morgan fingerprint density at radius 3 is 3.00 bits per heavy atom. The number of hydrogen-bond acceptors (Lipinski definition) is 3. The van der Waals surface area contributed by atoms with Gasteiger partial charge in [0.05, 0.1) is 22.4 Å². The first-order valence-corrected chi connectivity index (χ1v) is 5.12. The van der Waals surface area contributed by atoms with E-state index in [1.165, 1.54) is 0 Å². The van der Waals surface area contributed by atoms with Crippen molar-refractivity contribution in [2.24, 2.45) is 0 Å². The summed E-state index contributed by atoms with van der Waals surface area (Å²) in [5, 5.41) is 6.46. The van der Waals surface area contributed by atoms with Crippen LogP contribution >= 0.6 is 11.6 Å². The number of nitrogens with one attached hydrogen (secondary N) is 2. The third-order valence-electron chi connectivity index (χ3n) is 2.39. The molecule has 15 heavy (non-hydrogen) atoms. The number of carbonyl (C=O) groups is 1. The van der Waals surface area contributed by atoms with Gasteiger partial charge in [0.1, 0.15) is 0 Å². The lowest BCUT2D eigenvalue weighted by atomic mass is 10.2. The molecule has 80 valence electrons. The smallest absolute Gasteiger partial charge is 0.222 e. The molecular weight excluding hydrogens is 214 g/mol. The monoisotopic (exact) mass is 225 g/mol. The van der Waals surface area contributed by atoms with Crippen LogP contribution in [-0.2, 0) is 4.79 Å². The highest BCUT2D eigenvalue weighted by molar-refractivity contribution is 6.33. The lowest BCUT2D eigenvalue weighted by molar-refractivity contribution is -0.119. The molecule has 0 radical (unpaired) electrons. The number of hydrogen-bond donors (Lipinski definition) is 3. The van der Waals surface area contributed by atoms with E-state index in [-0.39, 0.29) is 11.9 Å². The quantitative estimate of drug-likeness (QED) is 0.663. The Bertz CT molecular complexity index is 394. The van der Waals surface area contributed by atoms with Crippen molar-refractivity contribution in [2.75, 3.05) is 17.6 Å². The molecule has 0 aliphatic carbocycles. The summed E-state index contributed by atoms with van der Waals surface area (Å²) < 4.78 is 0. The zero-order valence-corrected chi connectivity index (χ0v) is 8.84. The molecule has 1 aliphatic rings. The summed E-state index contributed by atoms with van der Waals surface area (Å²) in [7, 11) is 0. The molecule has 2 rings (SSSR count). The average Bonchev–Trinajstić information content (AvgIpc) is 2.59. The molecule has 4 N–H and O–H groups in total. The number of nitrogens with two attached hydrogens (primary N) is 1. The van der Waals surface area contributed by atoms with E-state index < -0.39 is 0 Å². The molecule has 1 unspecified atom stereocenters. The lowest BCUT2D eigenvalue weighted by Crippen LogP contribution is -2.22. The van der Waals surface area contributed by atoms with Crippen LogP contribution in [0.25, 0.3) is 0 Å². The minimum absolute atomic E-state index is 0.0631. The standard InChI is InChI=1S/C10H12ClN3O/c11-7-2-1-3-8(10(7)12)14-6-4-9(15)13-5-6/h1-3,6,14H,4-5,12H2,(H,13,15). The molecule has 0 aromatic heterocycles. The van der Waals surface area contributed by atoms with Gasteiger partial charge < -0.3 is 16.4 Å². The summed E-state index contributed by atoms with van der Waals surface area (Å²) in [5.74, 6) is 0.0631. The second-order valence-electron chi connectivity index (χ2n) is 3.55. The van der Waals surface area contributed by atoms with Crippen molar-refractivity contribution in [2.45, 2.75) is 12.5 Å². The van der Waals surface area contributed by atoms with E-state index in [0.717, 1.165) is 5.69 Å². The highest BCUT2D eigenvalue weighted by Crippen LogP contribution is 2.27. The van der Waals surface area contributed by atoms with Crippen LogP contribution in [0.2, 0.25) is 5.02 Å². The van der Waals surface area contributed by atoms with Gasteiger partial charge in [-0.1, -0.05) is 17.7 Å². The summed E-state index contributed by atoms with van der Waals surface area (Å²) in [6, 6.07) is 5.51. The summed E-state index contributed by atoms with van der Waals surface area (Å²) >= 11 is 5.88. The van der Waals surface area contributed by atoms with Crippen LogP contribution in [0, 0.1) is 0 Å². The second kappa shape index (κ2) is 3.98. The second-order valence-corrected chi connectivity index (χ2v) is 3.96. The largest absolute Gasteiger partial charge is 0.396 e. The molecular formula is C10H12ClN3O. The molecule has 0 spiro atoms. The van der Waals surface area contributed by atoms with E-state index in [1.54, 1.807) is 6.07 Å². The highest BCUT2D eigenvalue weighted by Gasteiger charge is 2.21. The Labute approximate surface area is 92.8 Å². The van der Waals surface area contributed by atoms with Crippen LogP contribution < -0.4 is 16.4 Å². The lowest BCUT2D eigenvalue weighted by Gasteiger charge is -2.14. The van der Waals surface area contributed by atoms with Gasteiger partial charge in [0, 0.05) is 13.0 Å². The molecule has 0 saturated carbocycles. The maximum atomic E-state index is 11.0. The number of para-hydroxylation sites is 1. The minimum Gasteiger partial charge on any atom is -0.396 e. The Kier molecular flexibility index (Phi) is 2.68. The van der Waals surface area contributed by atoms with Gasteiger partial charge in [-0.05, 0) is 12.1 Å². The van der Waals surface area contributed by atoms with Crippen LogP contribution in [0.3, 0.4) is 0 Å². The predicted molar refractivity (Wildman–Crippen MR) is 60.9 cm³/mol. The van der Waals surface area contributed by atoms with Crippen molar-refractivity contribution in [1.29, 1.82) is 0 Å². The first-order valence-electron chi connectivity index (χ1n) is 4.74. The number of rotatable bonds is 2. The molecule has 1 atom stereocenters. The Balaban J connectivity index is 2.11. The number of amides is 1. The van der Waals surface area contributed by atoms with E-state index in [4.69, 9.17) is 17.3 Å². The molecule has 0 bridgehead atoms. The molecule has 4 nitrogen and oxygen atoms in total. The fraction of sp³-hybridized carbons (Fsp3) is 0.300. The number of anilines is 2. The zero-order valence-electron chi connectivity index (χ0n) is 8.09. The van der Waals surface area contributed by atoms with E-state index in [2.05, 4.69) is 10.6 Å². The molecule has 1 fully saturated rings.